The van der Waals surface area contributed by atoms with Gasteiger partial charge in [0.25, 0.3) is 0 Å². The van der Waals surface area contributed by atoms with Crippen LogP contribution in [-0.4, -0.2) is 117 Å². The van der Waals surface area contributed by atoms with E-state index in [1.165, 1.54) is 0 Å². The van der Waals surface area contributed by atoms with Crippen molar-refractivity contribution in [2.45, 2.75) is 75.2 Å². The predicted octanol–water partition coefficient (Wildman–Crippen LogP) is -4.68. The van der Waals surface area contributed by atoms with E-state index in [1.807, 2.05) is 0 Å². The third-order valence-electron chi connectivity index (χ3n) is 4.66. The highest BCUT2D eigenvalue weighted by molar-refractivity contribution is 5.73. The molecule has 0 aliphatic carbocycles. The van der Waals surface area contributed by atoms with Gasteiger partial charge in [0.15, 0.2) is 18.7 Å². The molecule has 13 nitrogen and oxygen atoms in total. The van der Waals surface area contributed by atoms with Crippen molar-refractivity contribution in [3.63, 3.8) is 0 Å². The van der Waals surface area contributed by atoms with Crippen molar-refractivity contribution in [1.29, 1.82) is 0 Å². The van der Waals surface area contributed by atoms with Gasteiger partial charge in [-0.2, -0.15) is 0 Å². The molecule has 10 atom stereocenters. The first kappa shape index (κ1) is 23.9. The summed E-state index contributed by atoms with van der Waals surface area (Å²) in [4.78, 5) is 22.7. The highest BCUT2D eigenvalue weighted by Gasteiger charge is 2.52. The summed E-state index contributed by atoms with van der Waals surface area (Å²) in [5.41, 5.74) is 0. The van der Waals surface area contributed by atoms with Crippen LogP contribution < -0.4 is 5.32 Å². The molecule has 0 radical (unpaired) electrons. The van der Waals surface area contributed by atoms with Gasteiger partial charge in [-0.15, -0.1) is 0 Å². The molecule has 29 heavy (non-hydrogen) atoms. The average molecular weight is 425 g/mol. The van der Waals surface area contributed by atoms with Gasteiger partial charge in [-0.05, 0) is 0 Å². The van der Waals surface area contributed by atoms with E-state index in [-0.39, 0.29) is 0 Å². The maximum Gasteiger partial charge on any atom is 0.303 e. The van der Waals surface area contributed by atoms with Gasteiger partial charge in [0.05, 0.1) is 13.2 Å². The van der Waals surface area contributed by atoms with E-state index in [0.29, 0.717) is 0 Å². The highest BCUT2D eigenvalue weighted by atomic mass is 16.7. The fraction of sp³-hybridized carbons (Fsp3) is 0.875. The Morgan fingerprint density at radius 1 is 0.897 bits per heavy atom. The Labute approximate surface area is 165 Å². The summed E-state index contributed by atoms with van der Waals surface area (Å²) in [5, 5.41) is 62.0. The second kappa shape index (κ2) is 10.1. The molecular formula is C16H27NO12. The van der Waals surface area contributed by atoms with Crippen molar-refractivity contribution in [3.05, 3.63) is 0 Å². The maximum absolute atomic E-state index is 11.5. The van der Waals surface area contributed by atoms with Gasteiger partial charge in [0, 0.05) is 13.8 Å². The van der Waals surface area contributed by atoms with Gasteiger partial charge in [0.1, 0.15) is 42.7 Å². The van der Waals surface area contributed by atoms with Crippen LogP contribution in [0.2, 0.25) is 0 Å². The van der Waals surface area contributed by atoms with Crippen LogP contribution in [0.15, 0.2) is 0 Å². The van der Waals surface area contributed by atoms with E-state index in [0.717, 1.165) is 13.8 Å². The Hall–Kier alpha value is -1.42. The number of carbonyl (C=O) groups is 2. The van der Waals surface area contributed by atoms with Gasteiger partial charge < -0.3 is 54.9 Å². The van der Waals surface area contributed by atoms with Crippen molar-refractivity contribution >= 4 is 11.9 Å². The smallest absolute Gasteiger partial charge is 0.303 e. The van der Waals surface area contributed by atoms with E-state index in [9.17, 15) is 40.2 Å². The van der Waals surface area contributed by atoms with Crippen molar-refractivity contribution in [1.82, 2.24) is 5.32 Å². The summed E-state index contributed by atoms with van der Waals surface area (Å²) >= 11 is 0. The zero-order valence-electron chi connectivity index (χ0n) is 15.8. The predicted molar refractivity (Wildman–Crippen MR) is 89.8 cm³/mol. The normalized spacial score (nSPS) is 42.9. The molecule has 2 aliphatic rings. The summed E-state index contributed by atoms with van der Waals surface area (Å²) in [7, 11) is 0. The lowest BCUT2D eigenvalue weighted by atomic mass is 9.95. The van der Waals surface area contributed by atoms with E-state index in [4.69, 9.17) is 18.9 Å². The first-order valence-electron chi connectivity index (χ1n) is 8.95. The number of esters is 1. The topological polar surface area (TPSA) is 204 Å². The number of carbonyl (C=O) groups excluding carboxylic acids is 2. The molecule has 2 fully saturated rings. The Morgan fingerprint density at radius 2 is 1.52 bits per heavy atom. The molecule has 0 spiro atoms. The molecule has 168 valence electrons. The van der Waals surface area contributed by atoms with Crippen LogP contribution in [0.4, 0.5) is 0 Å². The number of nitrogens with one attached hydrogen (secondary N) is 1. The Balaban J connectivity index is 2.26. The molecule has 13 heteroatoms. The van der Waals surface area contributed by atoms with Gasteiger partial charge >= 0.3 is 5.97 Å². The van der Waals surface area contributed by atoms with E-state index in [2.05, 4.69) is 5.32 Å². The minimum Gasteiger partial charge on any atom is -0.454 e. The summed E-state index contributed by atoms with van der Waals surface area (Å²) in [6.45, 7) is 0.801. The minimum atomic E-state index is -1.75. The lowest BCUT2D eigenvalue weighted by Crippen LogP contribution is -2.67. The van der Waals surface area contributed by atoms with Crippen molar-refractivity contribution < 1.29 is 59.2 Å². The summed E-state index contributed by atoms with van der Waals surface area (Å²) < 4.78 is 21.0. The molecule has 7 N–H and O–H groups in total. The van der Waals surface area contributed by atoms with Gasteiger partial charge in [-0.25, -0.2) is 0 Å². The van der Waals surface area contributed by atoms with Crippen LogP contribution in [-0.2, 0) is 28.5 Å². The van der Waals surface area contributed by atoms with Crippen LogP contribution in [0.1, 0.15) is 13.8 Å². The molecule has 2 rings (SSSR count). The first-order chi connectivity index (χ1) is 13.6. The number of rotatable bonds is 6. The van der Waals surface area contributed by atoms with Crippen molar-refractivity contribution in [2.24, 2.45) is 0 Å². The third-order valence-corrected chi connectivity index (χ3v) is 4.66. The molecule has 2 aliphatic heterocycles. The van der Waals surface area contributed by atoms with Crippen LogP contribution >= 0.6 is 0 Å². The minimum absolute atomic E-state index is 0.590. The quantitative estimate of drug-likeness (QED) is 0.201. The van der Waals surface area contributed by atoms with Crippen LogP contribution in [0.3, 0.4) is 0 Å². The molecule has 7 unspecified atom stereocenters. The van der Waals surface area contributed by atoms with E-state index < -0.39 is 86.4 Å². The number of amides is 1. The summed E-state index contributed by atoms with van der Waals surface area (Å²) in [6, 6.07) is -1.31. The van der Waals surface area contributed by atoms with Crippen LogP contribution in [0.5, 0.6) is 0 Å². The fourth-order valence-electron chi connectivity index (χ4n) is 3.29. The zero-order chi connectivity index (χ0) is 21.9. The summed E-state index contributed by atoms with van der Waals surface area (Å²) in [5.74, 6) is -1.41. The second-order valence-electron chi connectivity index (χ2n) is 6.85. The van der Waals surface area contributed by atoms with Gasteiger partial charge in [-0.3, -0.25) is 9.59 Å². The first-order valence-corrected chi connectivity index (χ1v) is 8.95. The zero-order valence-corrected chi connectivity index (χ0v) is 15.8. The summed E-state index contributed by atoms with van der Waals surface area (Å²) in [6.07, 6.45) is -13.6. The SMILES string of the molecule is CC(=O)NC1C(O)[C@@H](O)C(CO)O[C@H]1OC1C(CO)O[C@@H](O)C(OC(C)=O)C1O. The number of aliphatic hydroxyl groups is 6. The number of hydrogen-bond donors (Lipinski definition) is 7. The Bertz CT molecular complexity index is 576. The molecule has 2 heterocycles. The van der Waals surface area contributed by atoms with Crippen LogP contribution in [0.25, 0.3) is 0 Å². The largest absolute Gasteiger partial charge is 0.454 e. The van der Waals surface area contributed by atoms with Crippen molar-refractivity contribution in [3.8, 4) is 0 Å². The lowest BCUT2D eigenvalue weighted by molar-refractivity contribution is -0.342. The fourth-order valence-corrected chi connectivity index (χ4v) is 3.29. The monoisotopic (exact) mass is 425 g/mol. The maximum atomic E-state index is 11.5. The second-order valence-corrected chi connectivity index (χ2v) is 6.85. The van der Waals surface area contributed by atoms with Crippen molar-refractivity contribution in [2.75, 3.05) is 13.2 Å². The molecule has 0 aromatic rings. The number of hydrogen-bond acceptors (Lipinski definition) is 12. The molecule has 2 saturated heterocycles. The van der Waals surface area contributed by atoms with E-state index in [1.54, 1.807) is 0 Å². The number of ether oxygens (including phenoxy) is 4. The highest BCUT2D eigenvalue weighted by Crippen LogP contribution is 2.29. The number of aliphatic hydroxyl groups excluding tert-OH is 6. The van der Waals surface area contributed by atoms with Crippen LogP contribution in [0, 0.1) is 0 Å². The molecule has 0 bridgehead atoms. The molecule has 1 amide bonds. The Kier molecular flexibility index (Phi) is 8.28. The van der Waals surface area contributed by atoms with Gasteiger partial charge in [0.2, 0.25) is 5.91 Å². The molecule has 0 saturated carbocycles. The molecule has 0 aromatic carbocycles. The molecule has 0 aromatic heterocycles. The standard InChI is InChI=1S/C16H27NO12/c1-5(20)17-9-11(23)10(22)7(3-18)28-16(9)29-13-8(4-19)27-15(25)14(12(13)24)26-6(2)21/h7-16,18-19,22-25H,3-4H2,1-2H3,(H,17,20)/t7?,8?,9?,10-,11?,12?,13?,14?,15+,16-/m0/s1. The average Bonchev–Trinajstić information content (AvgIpc) is 2.65. The molecular weight excluding hydrogens is 398 g/mol. The Morgan fingerprint density at radius 3 is 2.03 bits per heavy atom. The lowest BCUT2D eigenvalue weighted by Gasteiger charge is -2.47. The third kappa shape index (κ3) is 5.39. The van der Waals surface area contributed by atoms with Gasteiger partial charge in [-0.1, -0.05) is 0 Å². The van der Waals surface area contributed by atoms with E-state index >= 15 is 0 Å².